The Morgan fingerprint density at radius 2 is 1.96 bits per heavy atom. The van der Waals surface area contributed by atoms with E-state index < -0.39 is 0 Å². The molecule has 3 atom stereocenters. The zero-order valence-electron chi connectivity index (χ0n) is 15.0. The largest absolute Gasteiger partial charge is 0.355 e. The number of amides is 2. The van der Waals surface area contributed by atoms with Crippen molar-refractivity contribution in [3.8, 4) is 0 Å². The predicted octanol–water partition coefficient (Wildman–Crippen LogP) is 3.22. The summed E-state index contributed by atoms with van der Waals surface area (Å²) in [4.78, 5) is 27.0. The lowest BCUT2D eigenvalue weighted by atomic mass is 9.86. The predicted molar refractivity (Wildman–Crippen MR) is 96.9 cm³/mol. The Morgan fingerprint density at radius 1 is 1.20 bits per heavy atom. The Kier molecular flexibility index (Phi) is 4.53. The SMILES string of the molecule is CC1CC1C(=O)NCCC(=O)N(C1CC1)C1CCCc2ccccc21. The minimum atomic E-state index is 0.126. The minimum absolute atomic E-state index is 0.126. The van der Waals surface area contributed by atoms with E-state index in [0.29, 0.717) is 24.9 Å². The lowest BCUT2D eigenvalue weighted by Crippen LogP contribution is -2.40. The maximum absolute atomic E-state index is 12.9. The van der Waals surface area contributed by atoms with Crippen LogP contribution in [0.4, 0.5) is 0 Å². The van der Waals surface area contributed by atoms with Crippen LogP contribution < -0.4 is 5.32 Å². The highest BCUT2D eigenvalue weighted by atomic mass is 16.2. The molecular weight excluding hydrogens is 312 g/mol. The Bertz CT molecular complexity index is 668. The quantitative estimate of drug-likeness (QED) is 0.864. The van der Waals surface area contributed by atoms with E-state index in [9.17, 15) is 9.59 Å². The van der Waals surface area contributed by atoms with Crippen molar-refractivity contribution in [2.24, 2.45) is 11.8 Å². The van der Waals surface area contributed by atoms with Crippen LogP contribution in [0.15, 0.2) is 24.3 Å². The van der Waals surface area contributed by atoms with Crippen LogP contribution in [0, 0.1) is 11.8 Å². The molecule has 0 saturated heterocycles. The topological polar surface area (TPSA) is 49.4 Å². The molecule has 3 aliphatic rings. The second-order valence-electron chi connectivity index (χ2n) is 8.00. The van der Waals surface area contributed by atoms with Gasteiger partial charge in [-0.1, -0.05) is 31.2 Å². The van der Waals surface area contributed by atoms with Gasteiger partial charge < -0.3 is 10.2 Å². The van der Waals surface area contributed by atoms with Crippen molar-refractivity contribution in [2.75, 3.05) is 6.54 Å². The van der Waals surface area contributed by atoms with E-state index in [4.69, 9.17) is 0 Å². The molecule has 3 unspecified atom stereocenters. The average molecular weight is 340 g/mol. The molecule has 0 aromatic heterocycles. The number of rotatable bonds is 6. The molecule has 134 valence electrons. The van der Waals surface area contributed by atoms with Gasteiger partial charge >= 0.3 is 0 Å². The van der Waals surface area contributed by atoms with Gasteiger partial charge in [-0.2, -0.15) is 0 Å². The van der Waals surface area contributed by atoms with Gasteiger partial charge in [-0.3, -0.25) is 9.59 Å². The summed E-state index contributed by atoms with van der Waals surface area (Å²) in [5, 5.41) is 2.96. The van der Waals surface area contributed by atoms with Gasteiger partial charge in [0, 0.05) is 24.9 Å². The first kappa shape index (κ1) is 16.6. The monoisotopic (exact) mass is 340 g/mol. The lowest BCUT2D eigenvalue weighted by Gasteiger charge is -2.36. The number of hydrogen-bond acceptors (Lipinski definition) is 2. The zero-order valence-corrected chi connectivity index (χ0v) is 15.0. The molecule has 2 amide bonds. The number of nitrogens with one attached hydrogen (secondary N) is 1. The van der Waals surface area contributed by atoms with Gasteiger partial charge in [0.2, 0.25) is 11.8 Å². The molecule has 0 aliphatic heterocycles. The van der Waals surface area contributed by atoms with Gasteiger partial charge in [-0.15, -0.1) is 0 Å². The van der Waals surface area contributed by atoms with Gasteiger partial charge in [-0.05, 0) is 55.6 Å². The summed E-state index contributed by atoms with van der Waals surface area (Å²) >= 11 is 0. The normalized spacial score (nSPS) is 27.3. The maximum atomic E-state index is 12.9. The van der Waals surface area contributed by atoms with Crippen LogP contribution in [0.3, 0.4) is 0 Å². The standard InChI is InChI=1S/C21H28N2O2/c1-14-13-18(14)21(25)22-12-11-20(24)23(16-9-10-16)19-8-4-6-15-5-2-3-7-17(15)19/h2-3,5,7,14,16,18-19H,4,6,8-13H2,1H3,(H,22,25). The first-order valence-corrected chi connectivity index (χ1v) is 9.82. The smallest absolute Gasteiger partial charge is 0.225 e. The van der Waals surface area contributed by atoms with Crippen LogP contribution in [-0.4, -0.2) is 29.3 Å². The lowest BCUT2D eigenvalue weighted by molar-refractivity contribution is -0.134. The number of fused-ring (bicyclic) bond motifs is 1. The highest BCUT2D eigenvalue weighted by molar-refractivity contribution is 5.82. The zero-order chi connectivity index (χ0) is 17.4. The van der Waals surface area contributed by atoms with Crippen molar-refractivity contribution < 1.29 is 9.59 Å². The summed E-state index contributed by atoms with van der Waals surface area (Å²) in [5.74, 6) is 1.02. The minimum Gasteiger partial charge on any atom is -0.355 e. The summed E-state index contributed by atoms with van der Waals surface area (Å²) in [6.45, 7) is 2.57. The molecule has 4 nitrogen and oxygen atoms in total. The number of aryl methyl sites for hydroxylation is 1. The fourth-order valence-electron chi connectivity index (χ4n) is 4.24. The second-order valence-corrected chi connectivity index (χ2v) is 8.00. The average Bonchev–Trinajstić information content (AvgIpc) is 3.53. The van der Waals surface area contributed by atoms with E-state index >= 15 is 0 Å². The highest BCUT2D eigenvalue weighted by Crippen LogP contribution is 2.41. The summed E-state index contributed by atoms with van der Waals surface area (Å²) in [6.07, 6.45) is 6.98. The van der Waals surface area contributed by atoms with Gasteiger partial charge in [-0.25, -0.2) is 0 Å². The maximum Gasteiger partial charge on any atom is 0.225 e. The highest BCUT2D eigenvalue weighted by Gasteiger charge is 2.40. The van der Waals surface area contributed by atoms with E-state index in [-0.39, 0.29) is 23.8 Å². The molecular formula is C21H28N2O2. The molecule has 0 radical (unpaired) electrons. The van der Waals surface area contributed by atoms with Crippen molar-refractivity contribution in [2.45, 2.75) is 64.0 Å². The molecule has 4 rings (SSSR count). The molecule has 25 heavy (non-hydrogen) atoms. The Morgan fingerprint density at radius 3 is 2.68 bits per heavy atom. The van der Waals surface area contributed by atoms with Crippen LogP contribution in [-0.2, 0) is 16.0 Å². The van der Waals surface area contributed by atoms with E-state index in [0.717, 1.165) is 38.5 Å². The van der Waals surface area contributed by atoms with Gasteiger partial charge in [0.15, 0.2) is 0 Å². The summed E-state index contributed by atoms with van der Waals surface area (Å²) in [7, 11) is 0. The van der Waals surface area contributed by atoms with E-state index in [2.05, 4.69) is 41.4 Å². The van der Waals surface area contributed by atoms with Gasteiger partial charge in [0.1, 0.15) is 0 Å². The Hall–Kier alpha value is -1.84. The third kappa shape index (κ3) is 3.58. The molecule has 2 saturated carbocycles. The first-order chi connectivity index (χ1) is 12.1. The fourth-order valence-corrected chi connectivity index (χ4v) is 4.24. The number of carbonyl (C=O) groups is 2. The number of nitrogens with zero attached hydrogens (tertiary/aromatic N) is 1. The molecule has 2 fully saturated rings. The van der Waals surface area contributed by atoms with Crippen LogP contribution in [0.2, 0.25) is 0 Å². The van der Waals surface area contributed by atoms with Crippen LogP contribution in [0.5, 0.6) is 0 Å². The van der Waals surface area contributed by atoms with Crippen LogP contribution in [0.1, 0.15) is 62.6 Å². The van der Waals surface area contributed by atoms with Gasteiger partial charge in [0.05, 0.1) is 6.04 Å². The first-order valence-electron chi connectivity index (χ1n) is 9.82. The van der Waals surface area contributed by atoms with Crippen molar-refractivity contribution in [3.05, 3.63) is 35.4 Å². The molecule has 1 aromatic rings. The molecule has 3 aliphatic carbocycles. The van der Waals surface area contributed by atoms with E-state index in [1.807, 2.05) is 0 Å². The molecule has 1 N–H and O–H groups in total. The molecule has 0 spiro atoms. The number of benzene rings is 1. The Labute approximate surface area is 150 Å². The van der Waals surface area contributed by atoms with Crippen LogP contribution in [0.25, 0.3) is 0 Å². The third-order valence-corrected chi connectivity index (χ3v) is 5.99. The molecule has 0 heterocycles. The second kappa shape index (κ2) is 6.81. The molecule has 4 heteroatoms. The number of hydrogen-bond donors (Lipinski definition) is 1. The van der Waals surface area contributed by atoms with Crippen molar-refractivity contribution in [1.82, 2.24) is 10.2 Å². The van der Waals surface area contributed by atoms with Crippen LogP contribution >= 0.6 is 0 Å². The van der Waals surface area contributed by atoms with Crippen molar-refractivity contribution in [1.29, 1.82) is 0 Å². The van der Waals surface area contributed by atoms with E-state index in [1.165, 1.54) is 11.1 Å². The van der Waals surface area contributed by atoms with E-state index in [1.54, 1.807) is 0 Å². The third-order valence-electron chi connectivity index (χ3n) is 5.99. The fraction of sp³-hybridized carbons (Fsp3) is 0.619. The Balaban J connectivity index is 1.40. The van der Waals surface area contributed by atoms with Crippen molar-refractivity contribution >= 4 is 11.8 Å². The molecule has 0 bridgehead atoms. The van der Waals surface area contributed by atoms with Gasteiger partial charge in [0.25, 0.3) is 0 Å². The molecule has 1 aromatic carbocycles. The summed E-state index contributed by atoms with van der Waals surface area (Å²) < 4.78 is 0. The van der Waals surface area contributed by atoms with Crippen molar-refractivity contribution in [3.63, 3.8) is 0 Å². The summed E-state index contributed by atoms with van der Waals surface area (Å²) in [5.41, 5.74) is 2.73. The summed E-state index contributed by atoms with van der Waals surface area (Å²) in [6, 6.07) is 9.21. The number of carbonyl (C=O) groups excluding carboxylic acids is 2.